The van der Waals surface area contributed by atoms with Gasteiger partial charge in [-0.2, -0.15) is 52.7 Å². The van der Waals surface area contributed by atoms with Crippen LogP contribution < -0.4 is 0 Å². The van der Waals surface area contributed by atoms with Crippen molar-refractivity contribution in [1.82, 2.24) is 0 Å². The van der Waals surface area contributed by atoms with Crippen LogP contribution in [0.3, 0.4) is 0 Å². The van der Waals surface area contributed by atoms with Gasteiger partial charge >= 0.3 is 24.7 Å². The Hall–Kier alpha value is -1.99. The van der Waals surface area contributed by atoms with Gasteiger partial charge in [0.1, 0.15) is 0 Å². The molecule has 0 spiro atoms. The second kappa shape index (κ2) is 12.5. The third kappa shape index (κ3) is 16.6. The molecule has 0 saturated heterocycles. The number of halogens is 12. The van der Waals surface area contributed by atoms with Crippen molar-refractivity contribution < 1.29 is 100 Å². The Morgan fingerprint density at radius 3 is 0.793 bits per heavy atom. The van der Waals surface area contributed by atoms with Crippen LogP contribution in [0.5, 0.6) is 0 Å². The summed E-state index contributed by atoms with van der Waals surface area (Å²) in [5.74, 6) is -10.7. The normalized spacial score (nSPS) is 13.0. The number of ketones is 2. The predicted octanol–water partition coefficient (Wildman–Crippen LogP) is 2.59. The molecule has 0 unspecified atom stereocenters. The SMILES string of the molecule is O.O.O=C(/C=C(\O)C(F)(F)F)C(F)(F)F.O=C(/C=C(\O)C(F)(F)F)C(F)(F)F.[Co]. The molecule has 0 fully saturated rings. The maximum atomic E-state index is 11.4. The van der Waals surface area contributed by atoms with E-state index in [0.717, 1.165) is 0 Å². The van der Waals surface area contributed by atoms with Gasteiger partial charge in [-0.05, 0) is 0 Å². The van der Waals surface area contributed by atoms with Crippen molar-refractivity contribution in [3.8, 4) is 0 Å². The van der Waals surface area contributed by atoms with Gasteiger partial charge in [0.15, 0.2) is 0 Å². The van der Waals surface area contributed by atoms with Gasteiger partial charge in [0.2, 0.25) is 11.5 Å². The zero-order chi connectivity index (χ0) is 21.7. The van der Waals surface area contributed by atoms with Crippen LogP contribution in [0.25, 0.3) is 0 Å². The number of carbonyl (C=O) groups is 2. The van der Waals surface area contributed by atoms with E-state index in [4.69, 9.17) is 10.2 Å². The summed E-state index contributed by atoms with van der Waals surface area (Å²) >= 11 is 0. The third-order valence-electron chi connectivity index (χ3n) is 1.68. The zero-order valence-electron chi connectivity index (χ0n) is 12.7. The van der Waals surface area contributed by atoms with Crippen LogP contribution in [0, 0.1) is 0 Å². The van der Waals surface area contributed by atoms with Crippen molar-refractivity contribution in [2.24, 2.45) is 0 Å². The summed E-state index contributed by atoms with van der Waals surface area (Å²) in [5.41, 5.74) is 0. The first-order chi connectivity index (χ1) is 11.1. The van der Waals surface area contributed by atoms with E-state index in [1.807, 2.05) is 0 Å². The first-order valence-electron chi connectivity index (χ1n) is 5.28. The number of hydrogen-bond donors (Lipinski definition) is 2. The average Bonchev–Trinajstić information content (AvgIpc) is 2.34. The van der Waals surface area contributed by atoms with E-state index >= 15 is 0 Å². The Morgan fingerprint density at radius 2 is 0.690 bits per heavy atom. The minimum absolute atomic E-state index is 0. The molecule has 0 saturated carbocycles. The Morgan fingerprint density at radius 1 is 0.517 bits per heavy atom. The van der Waals surface area contributed by atoms with Crippen LogP contribution in [0.4, 0.5) is 52.7 Å². The summed E-state index contributed by atoms with van der Waals surface area (Å²) in [6.45, 7) is 0. The topological polar surface area (TPSA) is 138 Å². The molecule has 0 atom stereocenters. The molecule has 0 aliphatic carbocycles. The van der Waals surface area contributed by atoms with Gasteiger partial charge < -0.3 is 21.2 Å². The van der Waals surface area contributed by atoms with Crippen LogP contribution >= 0.6 is 0 Å². The molecule has 0 bridgehead atoms. The molecule has 6 N–H and O–H groups in total. The summed E-state index contributed by atoms with van der Waals surface area (Å²) < 4.78 is 136. The van der Waals surface area contributed by atoms with E-state index in [1.54, 1.807) is 0 Å². The Bertz CT molecular complexity index is 532. The quantitative estimate of drug-likeness (QED) is 0.335. The van der Waals surface area contributed by atoms with Crippen LogP contribution in [-0.2, 0) is 26.4 Å². The summed E-state index contributed by atoms with van der Waals surface area (Å²) in [4.78, 5) is 19.7. The fraction of sp³-hybridized carbons (Fsp3) is 0.400. The van der Waals surface area contributed by atoms with Gasteiger partial charge in [-0.1, -0.05) is 0 Å². The van der Waals surface area contributed by atoms with Gasteiger partial charge in [-0.15, -0.1) is 0 Å². The van der Waals surface area contributed by atoms with Crippen LogP contribution in [0.2, 0.25) is 0 Å². The molecule has 0 amide bonds. The van der Waals surface area contributed by atoms with Crippen molar-refractivity contribution >= 4 is 11.6 Å². The number of hydrogen-bond acceptors (Lipinski definition) is 4. The van der Waals surface area contributed by atoms with Gasteiger partial charge in [0.25, 0.3) is 11.6 Å². The van der Waals surface area contributed by atoms with E-state index in [2.05, 4.69) is 0 Å². The second-order valence-corrected chi connectivity index (χ2v) is 3.78. The molecular weight excluding hydrogens is 503 g/mol. The molecule has 0 aromatic carbocycles. The number of allylic oxidation sites excluding steroid dienone is 4. The molecule has 0 aromatic heterocycles. The van der Waals surface area contributed by atoms with E-state index in [1.165, 1.54) is 0 Å². The summed E-state index contributed by atoms with van der Waals surface area (Å²) in [5, 5.41) is 15.9. The third-order valence-corrected chi connectivity index (χ3v) is 1.68. The molecule has 0 rings (SSSR count). The van der Waals surface area contributed by atoms with Crippen molar-refractivity contribution in [2.75, 3.05) is 0 Å². The predicted molar refractivity (Wildman–Crippen MR) is 62.9 cm³/mol. The number of aliphatic hydroxyl groups is 2. The van der Waals surface area contributed by atoms with Crippen LogP contribution in [0.15, 0.2) is 23.7 Å². The van der Waals surface area contributed by atoms with E-state index in [0.29, 0.717) is 0 Å². The van der Waals surface area contributed by atoms with Crippen molar-refractivity contribution in [3.63, 3.8) is 0 Å². The Labute approximate surface area is 161 Å². The molecule has 177 valence electrons. The van der Waals surface area contributed by atoms with Crippen molar-refractivity contribution in [3.05, 3.63) is 23.7 Å². The maximum absolute atomic E-state index is 11.4. The average molecular weight is 511 g/mol. The molecular formula is C10H8CoF12O6. The first kappa shape index (κ1) is 37.7. The summed E-state index contributed by atoms with van der Waals surface area (Å²) in [6.07, 6.45) is -23.4. The minimum Gasteiger partial charge on any atom is -0.504 e. The molecule has 19 heteroatoms. The Balaban J connectivity index is -0.000000120. The largest absolute Gasteiger partial charge is 0.504 e. The fourth-order valence-electron chi connectivity index (χ4n) is 0.576. The smallest absolute Gasteiger partial charge is 0.454 e. The molecule has 1 radical (unpaired) electrons. The van der Waals surface area contributed by atoms with Gasteiger partial charge in [0.05, 0.1) is 0 Å². The summed E-state index contributed by atoms with van der Waals surface area (Å²) in [6, 6.07) is 0. The second-order valence-electron chi connectivity index (χ2n) is 3.78. The fourth-order valence-corrected chi connectivity index (χ4v) is 0.576. The molecule has 6 nitrogen and oxygen atoms in total. The van der Waals surface area contributed by atoms with E-state index in [9.17, 15) is 62.3 Å². The number of rotatable bonds is 2. The molecule has 0 heterocycles. The standard InChI is InChI=1S/2C5H2F6O2.Co.2H2O/c2*6-4(7,8)2(12)1-3(13)5(9,10)11;;;/h2*1,12H;;2*1H2/b2*2-1-;;;. The van der Waals surface area contributed by atoms with E-state index in [-0.39, 0.29) is 27.7 Å². The first-order valence-corrected chi connectivity index (χ1v) is 5.28. The molecule has 0 aromatic rings. The number of alkyl halides is 12. The molecule has 0 aliphatic rings. The van der Waals surface area contributed by atoms with Crippen molar-refractivity contribution in [2.45, 2.75) is 24.7 Å². The van der Waals surface area contributed by atoms with Crippen LogP contribution in [-0.4, -0.2) is 57.4 Å². The van der Waals surface area contributed by atoms with Gasteiger partial charge in [0, 0.05) is 28.9 Å². The molecule has 29 heavy (non-hydrogen) atoms. The maximum Gasteiger partial charge on any atom is 0.454 e. The van der Waals surface area contributed by atoms with Crippen molar-refractivity contribution in [1.29, 1.82) is 0 Å². The Kier molecular flexibility index (Phi) is 16.3. The number of carbonyl (C=O) groups excluding carboxylic acids is 2. The summed E-state index contributed by atoms with van der Waals surface area (Å²) in [7, 11) is 0. The molecule has 0 aliphatic heterocycles. The van der Waals surface area contributed by atoms with E-state index < -0.39 is 59.9 Å². The number of aliphatic hydroxyl groups excluding tert-OH is 2. The monoisotopic (exact) mass is 511 g/mol. The van der Waals surface area contributed by atoms with Gasteiger partial charge in [-0.25, -0.2) is 0 Å². The minimum atomic E-state index is -5.42. The zero-order valence-corrected chi connectivity index (χ0v) is 13.8. The van der Waals surface area contributed by atoms with Crippen LogP contribution in [0.1, 0.15) is 0 Å². The van der Waals surface area contributed by atoms with Gasteiger partial charge in [-0.3, -0.25) is 9.59 Å².